The fourth-order valence-corrected chi connectivity index (χ4v) is 2.18. The molecule has 8 nitrogen and oxygen atoms in total. The zero-order valence-electron chi connectivity index (χ0n) is 11.5. The number of hydrogen-bond donors (Lipinski definition) is 3. The average Bonchev–Trinajstić information content (AvgIpc) is 2.77. The van der Waals surface area contributed by atoms with Gasteiger partial charge < -0.3 is 15.9 Å². The number of imidazole rings is 1. The summed E-state index contributed by atoms with van der Waals surface area (Å²) in [7, 11) is 0. The standard InChI is InChI=1S/C14H13N5O3/c15-12-11-13(17-9(16-12)6-10(20)21)19(14(22)18-11)7-8-4-2-1-3-5-8/h1-5H,6-7H2,(H,18,22)(H,20,21)(H2,15,16,17). The third-order valence-electron chi connectivity index (χ3n) is 3.14. The summed E-state index contributed by atoms with van der Waals surface area (Å²) in [4.78, 5) is 22.8. The molecule has 0 spiro atoms. The number of benzene rings is 1. The second-order valence-electron chi connectivity index (χ2n) is 4.75. The maximum atomic E-state index is 10.8. The summed E-state index contributed by atoms with van der Waals surface area (Å²) in [6.45, 7) is 0.339. The van der Waals surface area contributed by atoms with Crippen LogP contribution in [0.15, 0.2) is 30.3 Å². The molecular weight excluding hydrogens is 286 g/mol. The van der Waals surface area contributed by atoms with Gasteiger partial charge in [0.25, 0.3) is 6.01 Å². The molecule has 8 heteroatoms. The predicted octanol–water partition coefficient (Wildman–Crippen LogP) is 0.789. The molecule has 3 aromatic rings. The van der Waals surface area contributed by atoms with Crippen molar-refractivity contribution in [2.75, 3.05) is 5.73 Å². The van der Waals surface area contributed by atoms with Crippen molar-refractivity contribution in [3.63, 3.8) is 0 Å². The van der Waals surface area contributed by atoms with E-state index < -0.39 is 5.97 Å². The number of nitrogens with two attached hydrogens (primary N) is 1. The van der Waals surface area contributed by atoms with Crippen molar-refractivity contribution >= 4 is 23.0 Å². The number of hydrogen-bond acceptors (Lipinski definition) is 6. The van der Waals surface area contributed by atoms with Crippen LogP contribution in [0.1, 0.15) is 11.4 Å². The van der Waals surface area contributed by atoms with Crippen molar-refractivity contribution in [3.05, 3.63) is 41.7 Å². The smallest absolute Gasteiger partial charge is 0.311 e. The topological polar surface area (TPSA) is 127 Å². The summed E-state index contributed by atoms with van der Waals surface area (Å²) in [5, 5.41) is 18.9. The minimum Gasteiger partial charge on any atom is -0.481 e. The minimum atomic E-state index is -1.06. The molecule has 0 fully saturated rings. The zero-order valence-corrected chi connectivity index (χ0v) is 11.5. The van der Waals surface area contributed by atoms with Gasteiger partial charge in [-0.25, -0.2) is 9.97 Å². The van der Waals surface area contributed by atoms with Crippen LogP contribution in [-0.2, 0) is 17.8 Å². The molecule has 2 aromatic heterocycles. The Morgan fingerprint density at radius 1 is 1.18 bits per heavy atom. The van der Waals surface area contributed by atoms with Gasteiger partial charge in [-0.2, -0.15) is 4.98 Å². The average molecular weight is 299 g/mol. The Morgan fingerprint density at radius 3 is 2.59 bits per heavy atom. The highest BCUT2D eigenvalue weighted by molar-refractivity contribution is 5.83. The number of nitrogens with zero attached hydrogens (tertiary/aromatic N) is 4. The SMILES string of the molecule is Nc1nc(CC(=O)O)nc2c1nc(O)n2Cc1ccccc1. The number of aromatic hydroxyl groups is 1. The van der Waals surface area contributed by atoms with E-state index in [2.05, 4.69) is 15.0 Å². The number of nitrogen functional groups attached to an aromatic ring is 1. The first-order valence-corrected chi connectivity index (χ1v) is 6.52. The predicted molar refractivity (Wildman–Crippen MR) is 78.3 cm³/mol. The lowest BCUT2D eigenvalue weighted by Gasteiger charge is -2.06. The van der Waals surface area contributed by atoms with E-state index in [1.54, 1.807) is 0 Å². The number of fused-ring (bicyclic) bond motifs is 1. The third-order valence-corrected chi connectivity index (χ3v) is 3.14. The van der Waals surface area contributed by atoms with E-state index in [9.17, 15) is 9.90 Å². The van der Waals surface area contributed by atoms with E-state index in [4.69, 9.17) is 10.8 Å². The van der Waals surface area contributed by atoms with Gasteiger partial charge in [-0.3, -0.25) is 9.36 Å². The zero-order chi connectivity index (χ0) is 15.7. The number of aliphatic carboxylic acids is 1. The van der Waals surface area contributed by atoms with Gasteiger partial charge in [0.05, 0.1) is 6.54 Å². The lowest BCUT2D eigenvalue weighted by molar-refractivity contribution is -0.136. The summed E-state index contributed by atoms with van der Waals surface area (Å²) in [5.74, 6) is -0.938. The fraction of sp³-hybridized carbons (Fsp3) is 0.143. The van der Waals surface area contributed by atoms with Crippen LogP contribution in [0.4, 0.5) is 5.82 Å². The Balaban J connectivity index is 2.10. The summed E-state index contributed by atoms with van der Waals surface area (Å²) in [6.07, 6.45) is -0.350. The molecule has 112 valence electrons. The first kappa shape index (κ1) is 13.8. The Bertz CT molecular complexity index is 845. The van der Waals surface area contributed by atoms with Crippen molar-refractivity contribution in [2.45, 2.75) is 13.0 Å². The maximum Gasteiger partial charge on any atom is 0.311 e. The molecule has 0 aliphatic rings. The molecule has 0 saturated heterocycles. The number of carboxylic acid groups (broad SMARTS) is 1. The van der Waals surface area contributed by atoms with E-state index in [-0.39, 0.29) is 29.6 Å². The normalized spacial score (nSPS) is 10.9. The molecule has 2 heterocycles. The molecule has 0 amide bonds. The molecule has 0 aliphatic heterocycles. The number of carboxylic acids is 1. The molecule has 0 aliphatic carbocycles. The number of aromatic nitrogens is 4. The van der Waals surface area contributed by atoms with E-state index in [1.807, 2.05) is 30.3 Å². The molecule has 1 aromatic carbocycles. The largest absolute Gasteiger partial charge is 0.481 e. The molecule has 3 rings (SSSR count). The van der Waals surface area contributed by atoms with Gasteiger partial charge in [0.1, 0.15) is 12.2 Å². The van der Waals surface area contributed by atoms with Crippen LogP contribution < -0.4 is 5.73 Å². The molecule has 0 bridgehead atoms. The van der Waals surface area contributed by atoms with Gasteiger partial charge in [0.2, 0.25) is 0 Å². The maximum absolute atomic E-state index is 10.8. The molecule has 22 heavy (non-hydrogen) atoms. The summed E-state index contributed by atoms with van der Waals surface area (Å²) >= 11 is 0. The number of anilines is 1. The summed E-state index contributed by atoms with van der Waals surface area (Å²) in [6, 6.07) is 9.20. The van der Waals surface area contributed by atoms with E-state index in [0.29, 0.717) is 12.2 Å². The van der Waals surface area contributed by atoms with Crippen molar-refractivity contribution in [1.29, 1.82) is 0 Å². The monoisotopic (exact) mass is 299 g/mol. The molecule has 0 radical (unpaired) electrons. The fourth-order valence-electron chi connectivity index (χ4n) is 2.18. The van der Waals surface area contributed by atoms with Crippen molar-refractivity contribution < 1.29 is 15.0 Å². The van der Waals surface area contributed by atoms with Crippen LogP contribution >= 0.6 is 0 Å². The minimum absolute atomic E-state index is 0.0448. The molecule has 4 N–H and O–H groups in total. The first-order chi connectivity index (χ1) is 10.5. The molecular formula is C14H13N5O3. The lowest BCUT2D eigenvalue weighted by atomic mass is 10.2. The van der Waals surface area contributed by atoms with Gasteiger partial charge in [-0.05, 0) is 5.56 Å². The van der Waals surface area contributed by atoms with Crippen molar-refractivity contribution in [2.24, 2.45) is 0 Å². The van der Waals surface area contributed by atoms with Crippen molar-refractivity contribution in [1.82, 2.24) is 19.5 Å². The van der Waals surface area contributed by atoms with E-state index in [0.717, 1.165) is 5.56 Å². The van der Waals surface area contributed by atoms with Crippen molar-refractivity contribution in [3.8, 4) is 6.01 Å². The Kier molecular flexibility index (Phi) is 3.34. The quantitative estimate of drug-likeness (QED) is 0.649. The first-order valence-electron chi connectivity index (χ1n) is 6.52. The second kappa shape index (κ2) is 5.32. The van der Waals surface area contributed by atoms with Gasteiger partial charge in [-0.1, -0.05) is 30.3 Å². The van der Waals surface area contributed by atoms with Gasteiger partial charge in [0.15, 0.2) is 17.0 Å². The second-order valence-corrected chi connectivity index (χ2v) is 4.75. The Morgan fingerprint density at radius 2 is 1.91 bits per heavy atom. The molecule has 0 unspecified atom stereocenters. The van der Waals surface area contributed by atoms with Crippen LogP contribution in [0, 0.1) is 0 Å². The van der Waals surface area contributed by atoms with Crippen LogP contribution in [0.2, 0.25) is 0 Å². The van der Waals surface area contributed by atoms with Gasteiger partial charge in [-0.15, -0.1) is 0 Å². The van der Waals surface area contributed by atoms with Crippen LogP contribution in [0.3, 0.4) is 0 Å². The van der Waals surface area contributed by atoms with E-state index >= 15 is 0 Å². The summed E-state index contributed by atoms with van der Waals surface area (Å²) < 4.78 is 1.47. The Labute approximate surface area is 124 Å². The molecule has 0 saturated carbocycles. The van der Waals surface area contributed by atoms with Gasteiger partial charge >= 0.3 is 5.97 Å². The summed E-state index contributed by atoms with van der Waals surface area (Å²) in [5.41, 5.74) is 7.28. The van der Waals surface area contributed by atoms with Crippen LogP contribution in [-0.4, -0.2) is 35.7 Å². The highest BCUT2D eigenvalue weighted by Gasteiger charge is 2.17. The lowest BCUT2D eigenvalue weighted by Crippen LogP contribution is -2.09. The molecule has 0 atom stereocenters. The highest BCUT2D eigenvalue weighted by Crippen LogP contribution is 2.24. The van der Waals surface area contributed by atoms with Gasteiger partial charge in [0, 0.05) is 0 Å². The van der Waals surface area contributed by atoms with Crippen LogP contribution in [0.25, 0.3) is 11.2 Å². The van der Waals surface area contributed by atoms with E-state index in [1.165, 1.54) is 4.57 Å². The van der Waals surface area contributed by atoms with Crippen LogP contribution in [0.5, 0.6) is 6.01 Å². The highest BCUT2D eigenvalue weighted by atomic mass is 16.4. The third kappa shape index (κ3) is 2.53. The Hall–Kier alpha value is -3.16. The number of rotatable bonds is 4. The number of carbonyl (C=O) groups is 1.